The molecule has 2 aromatic rings. The van der Waals surface area contributed by atoms with E-state index in [0.717, 1.165) is 43.4 Å². The number of fused-ring (bicyclic) bond motifs is 1. The van der Waals surface area contributed by atoms with Crippen LogP contribution < -0.4 is 15.4 Å². The number of ether oxygens (including phenoxy) is 1. The number of rotatable bonds is 6. The molecule has 0 saturated heterocycles. The molecule has 0 fully saturated rings. The van der Waals surface area contributed by atoms with Crippen LogP contribution in [0.3, 0.4) is 0 Å². The summed E-state index contributed by atoms with van der Waals surface area (Å²) in [6.07, 6.45) is 1.98. The Bertz CT molecular complexity index is 739. The molecule has 0 bridgehead atoms. The number of nitrogens with zero attached hydrogens (tertiary/aromatic N) is 2. The van der Waals surface area contributed by atoms with Crippen LogP contribution in [-0.4, -0.2) is 31.1 Å². The summed E-state index contributed by atoms with van der Waals surface area (Å²) in [7, 11) is 1.79. The quantitative estimate of drug-likeness (QED) is 0.615. The van der Waals surface area contributed by atoms with Crippen LogP contribution in [0.1, 0.15) is 41.6 Å². The van der Waals surface area contributed by atoms with Crippen LogP contribution in [0.2, 0.25) is 0 Å². The van der Waals surface area contributed by atoms with Crippen molar-refractivity contribution >= 4 is 17.3 Å². The second-order valence-corrected chi connectivity index (χ2v) is 7.36. The molecule has 0 aliphatic carbocycles. The summed E-state index contributed by atoms with van der Waals surface area (Å²) in [5.74, 6) is 2.33. The molecule has 5 nitrogen and oxygen atoms in total. The molecule has 0 amide bonds. The van der Waals surface area contributed by atoms with Crippen LogP contribution in [0, 0.1) is 0 Å². The molecule has 0 spiro atoms. The van der Waals surface area contributed by atoms with E-state index in [-0.39, 0.29) is 0 Å². The number of benzene rings is 1. The van der Waals surface area contributed by atoms with E-state index in [9.17, 15) is 0 Å². The smallest absolute Gasteiger partial charge is 0.191 e. The van der Waals surface area contributed by atoms with Gasteiger partial charge < -0.3 is 15.4 Å². The van der Waals surface area contributed by atoms with Gasteiger partial charge in [-0.1, -0.05) is 26.0 Å². The molecular weight excluding hydrogens is 332 g/mol. The summed E-state index contributed by atoms with van der Waals surface area (Å²) in [5.41, 5.74) is 3.72. The largest absolute Gasteiger partial charge is 0.493 e. The van der Waals surface area contributed by atoms with Crippen molar-refractivity contribution in [2.75, 3.05) is 20.2 Å². The molecule has 0 saturated carbocycles. The third-order valence-corrected chi connectivity index (χ3v) is 5.38. The van der Waals surface area contributed by atoms with Gasteiger partial charge in [-0.25, -0.2) is 4.98 Å². The average Bonchev–Trinajstić information content (AvgIpc) is 3.26. The lowest BCUT2D eigenvalue weighted by Crippen LogP contribution is -2.37. The van der Waals surface area contributed by atoms with Gasteiger partial charge in [0.1, 0.15) is 5.75 Å². The standard InChI is InChI=1S/C19H26N4OS/c1-13(2)18-23-16(12-25-18)11-22-19(20-3)21-8-6-14-4-5-17-15(10-14)7-9-24-17/h4-5,10,12-13H,6-9,11H2,1-3H3,(H2,20,21,22). The molecule has 2 heterocycles. The fraction of sp³-hybridized carbons (Fsp3) is 0.474. The Kier molecular flexibility index (Phi) is 5.91. The fourth-order valence-corrected chi connectivity index (χ4v) is 3.62. The fourth-order valence-electron chi connectivity index (χ4n) is 2.78. The molecular formula is C19H26N4OS. The topological polar surface area (TPSA) is 58.5 Å². The van der Waals surface area contributed by atoms with E-state index >= 15 is 0 Å². The molecule has 3 rings (SSSR count). The maximum absolute atomic E-state index is 5.55. The molecule has 1 aromatic heterocycles. The molecule has 6 heteroatoms. The molecule has 25 heavy (non-hydrogen) atoms. The van der Waals surface area contributed by atoms with Crippen molar-refractivity contribution in [1.82, 2.24) is 15.6 Å². The highest BCUT2D eigenvalue weighted by atomic mass is 32.1. The number of nitrogens with one attached hydrogen (secondary N) is 2. The first-order valence-electron chi connectivity index (χ1n) is 8.79. The highest BCUT2D eigenvalue weighted by molar-refractivity contribution is 7.09. The molecule has 0 radical (unpaired) electrons. The van der Waals surface area contributed by atoms with Crippen molar-refractivity contribution in [3.8, 4) is 5.75 Å². The third kappa shape index (κ3) is 4.72. The van der Waals surface area contributed by atoms with Crippen LogP contribution in [-0.2, 0) is 19.4 Å². The number of hydrogen-bond donors (Lipinski definition) is 2. The number of thiazole rings is 1. The van der Waals surface area contributed by atoms with E-state index in [4.69, 9.17) is 4.74 Å². The van der Waals surface area contributed by atoms with Gasteiger partial charge in [-0.2, -0.15) is 0 Å². The maximum atomic E-state index is 5.55. The van der Waals surface area contributed by atoms with Gasteiger partial charge in [0.05, 0.1) is 23.9 Å². The maximum Gasteiger partial charge on any atom is 0.191 e. The van der Waals surface area contributed by atoms with Gasteiger partial charge in [-0.3, -0.25) is 4.99 Å². The Morgan fingerprint density at radius 3 is 3.00 bits per heavy atom. The summed E-state index contributed by atoms with van der Waals surface area (Å²) in [6, 6.07) is 6.48. The van der Waals surface area contributed by atoms with Gasteiger partial charge in [-0.15, -0.1) is 11.3 Å². The van der Waals surface area contributed by atoms with Gasteiger partial charge >= 0.3 is 0 Å². The van der Waals surface area contributed by atoms with E-state index in [1.54, 1.807) is 18.4 Å². The Labute approximate surface area is 153 Å². The van der Waals surface area contributed by atoms with E-state index < -0.39 is 0 Å². The minimum Gasteiger partial charge on any atom is -0.493 e. The first-order valence-corrected chi connectivity index (χ1v) is 9.67. The Morgan fingerprint density at radius 2 is 2.24 bits per heavy atom. The number of guanidine groups is 1. The van der Waals surface area contributed by atoms with Crippen molar-refractivity contribution in [1.29, 1.82) is 0 Å². The zero-order valence-corrected chi connectivity index (χ0v) is 15.9. The predicted octanol–water partition coefficient (Wildman–Crippen LogP) is 3.11. The summed E-state index contributed by atoms with van der Waals surface area (Å²) in [4.78, 5) is 8.92. The number of hydrogen-bond acceptors (Lipinski definition) is 4. The SMILES string of the molecule is CN=C(NCCc1ccc2c(c1)CCO2)NCc1csc(C(C)C)n1. The Morgan fingerprint density at radius 1 is 1.36 bits per heavy atom. The molecule has 1 aromatic carbocycles. The van der Waals surface area contributed by atoms with E-state index in [1.807, 2.05) is 0 Å². The highest BCUT2D eigenvalue weighted by Crippen LogP contribution is 2.25. The third-order valence-electron chi connectivity index (χ3n) is 4.18. The second-order valence-electron chi connectivity index (χ2n) is 6.47. The summed E-state index contributed by atoms with van der Waals surface area (Å²) in [6.45, 7) is 6.68. The van der Waals surface area contributed by atoms with Crippen molar-refractivity contribution in [2.24, 2.45) is 4.99 Å². The minimum absolute atomic E-state index is 0.480. The van der Waals surface area contributed by atoms with Crippen LogP contribution in [0.5, 0.6) is 5.75 Å². The number of aliphatic imine (C=N–C) groups is 1. The second kappa shape index (κ2) is 8.34. The Balaban J connectivity index is 1.44. The molecule has 134 valence electrons. The van der Waals surface area contributed by atoms with Gasteiger partial charge in [0, 0.05) is 31.3 Å². The lowest BCUT2D eigenvalue weighted by molar-refractivity contribution is 0.357. The predicted molar refractivity (Wildman–Crippen MR) is 104 cm³/mol. The molecule has 2 N–H and O–H groups in total. The zero-order valence-electron chi connectivity index (χ0n) is 15.1. The molecule has 0 atom stereocenters. The zero-order chi connectivity index (χ0) is 17.6. The Hall–Kier alpha value is -2.08. The highest BCUT2D eigenvalue weighted by Gasteiger charge is 2.12. The minimum atomic E-state index is 0.480. The van der Waals surface area contributed by atoms with Gasteiger partial charge in [0.15, 0.2) is 5.96 Å². The van der Waals surface area contributed by atoms with E-state index in [0.29, 0.717) is 12.5 Å². The van der Waals surface area contributed by atoms with Crippen molar-refractivity contribution in [3.63, 3.8) is 0 Å². The van der Waals surface area contributed by atoms with E-state index in [2.05, 4.69) is 58.0 Å². The summed E-state index contributed by atoms with van der Waals surface area (Å²) >= 11 is 1.72. The lowest BCUT2D eigenvalue weighted by atomic mass is 10.1. The molecule has 1 aliphatic rings. The summed E-state index contributed by atoms with van der Waals surface area (Å²) in [5, 5.41) is 9.99. The molecule has 0 unspecified atom stereocenters. The van der Waals surface area contributed by atoms with Crippen LogP contribution in [0.25, 0.3) is 0 Å². The van der Waals surface area contributed by atoms with E-state index in [1.165, 1.54) is 16.1 Å². The average molecular weight is 359 g/mol. The van der Waals surface area contributed by atoms with Gasteiger partial charge in [0.25, 0.3) is 0 Å². The van der Waals surface area contributed by atoms with Crippen molar-refractivity contribution in [2.45, 2.75) is 39.2 Å². The van der Waals surface area contributed by atoms with Crippen molar-refractivity contribution in [3.05, 3.63) is 45.4 Å². The van der Waals surface area contributed by atoms with Gasteiger partial charge in [-0.05, 0) is 23.6 Å². The van der Waals surface area contributed by atoms with Crippen LogP contribution in [0.15, 0.2) is 28.6 Å². The normalized spacial score (nSPS) is 13.7. The van der Waals surface area contributed by atoms with Gasteiger partial charge in [0.2, 0.25) is 0 Å². The van der Waals surface area contributed by atoms with Crippen LogP contribution >= 0.6 is 11.3 Å². The first-order chi connectivity index (χ1) is 12.2. The lowest BCUT2D eigenvalue weighted by Gasteiger charge is -2.11. The van der Waals surface area contributed by atoms with Crippen molar-refractivity contribution < 1.29 is 4.74 Å². The molecule has 1 aliphatic heterocycles. The number of aromatic nitrogens is 1. The summed E-state index contributed by atoms with van der Waals surface area (Å²) < 4.78 is 5.55. The monoisotopic (exact) mass is 358 g/mol. The van der Waals surface area contributed by atoms with Crippen LogP contribution in [0.4, 0.5) is 0 Å². The first kappa shape index (κ1) is 17.7.